The highest BCUT2D eigenvalue weighted by atomic mass is 79.9. The Kier molecular flexibility index (Phi) is 4.74. The van der Waals surface area contributed by atoms with E-state index in [0.717, 1.165) is 26.9 Å². The van der Waals surface area contributed by atoms with E-state index in [-0.39, 0.29) is 6.04 Å². The Morgan fingerprint density at radius 2 is 2.00 bits per heavy atom. The minimum Gasteiger partial charge on any atom is -0.324 e. The lowest BCUT2D eigenvalue weighted by molar-refractivity contribution is 0.186. The third kappa shape index (κ3) is 3.09. The fraction of sp³-hybridized carbons (Fsp3) is 0.600. The van der Waals surface area contributed by atoms with Crippen molar-refractivity contribution < 1.29 is 0 Å². The number of benzene rings is 1. The monoisotopic (exact) mass is 329 g/mol. The molecule has 4 atom stereocenters. The van der Waals surface area contributed by atoms with Crippen LogP contribution in [-0.2, 0) is 0 Å². The molecule has 0 heterocycles. The Labute approximate surface area is 123 Å². The molecule has 1 nitrogen and oxygen atoms in total. The van der Waals surface area contributed by atoms with Crippen LogP contribution in [0.15, 0.2) is 22.7 Å². The molecule has 1 aliphatic carbocycles. The average Bonchev–Trinajstić information content (AvgIpc) is 2.35. The van der Waals surface area contributed by atoms with Gasteiger partial charge in [-0.15, -0.1) is 0 Å². The molecule has 1 aromatic rings. The Morgan fingerprint density at radius 3 is 2.61 bits per heavy atom. The van der Waals surface area contributed by atoms with Gasteiger partial charge in [0, 0.05) is 10.5 Å². The van der Waals surface area contributed by atoms with Crippen molar-refractivity contribution in [3.05, 3.63) is 33.3 Å². The van der Waals surface area contributed by atoms with Gasteiger partial charge in [-0.25, -0.2) is 0 Å². The summed E-state index contributed by atoms with van der Waals surface area (Å²) in [5.41, 5.74) is 7.58. The van der Waals surface area contributed by atoms with Crippen molar-refractivity contribution in [3.63, 3.8) is 0 Å². The molecule has 1 aromatic carbocycles. The van der Waals surface area contributed by atoms with Gasteiger partial charge in [-0.1, -0.05) is 37.9 Å². The first kappa shape index (κ1) is 14.4. The molecule has 4 unspecified atom stereocenters. The van der Waals surface area contributed by atoms with E-state index in [2.05, 4.69) is 35.8 Å². The van der Waals surface area contributed by atoms with Crippen molar-refractivity contribution in [2.24, 2.45) is 23.5 Å². The van der Waals surface area contributed by atoms with Crippen LogP contribution in [0.2, 0.25) is 5.02 Å². The predicted molar refractivity (Wildman–Crippen MR) is 81.7 cm³/mol. The van der Waals surface area contributed by atoms with Crippen molar-refractivity contribution >= 4 is 27.5 Å². The predicted octanol–water partition coefficient (Wildman–Crippen LogP) is 5.17. The lowest BCUT2D eigenvalue weighted by Gasteiger charge is -2.35. The minimum atomic E-state index is 0.116. The van der Waals surface area contributed by atoms with Gasteiger partial charge in [-0.05, 0) is 64.2 Å². The van der Waals surface area contributed by atoms with Crippen LogP contribution < -0.4 is 5.73 Å². The summed E-state index contributed by atoms with van der Waals surface area (Å²) in [6, 6.07) is 6.19. The van der Waals surface area contributed by atoms with Crippen LogP contribution in [0.5, 0.6) is 0 Å². The van der Waals surface area contributed by atoms with Crippen LogP contribution >= 0.6 is 27.5 Å². The Morgan fingerprint density at radius 1 is 1.28 bits per heavy atom. The van der Waals surface area contributed by atoms with Crippen LogP contribution in [0.25, 0.3) is 0 Å². The third-order valence-corrected chi connectivity index (χ3v) is 5.71. The van der Waals surface area contributed by atoms with Crippen molar-refractivity contribution in [2.75, 3.05) is 0 Å². The summed E-state index contributed by atoms with van der Waals surface area (Å²) in [7, 11) is 0. The lowest BCUT2D eigenvalue weighted by Crippen LogP contribution is -2.29. The lowest BCUT2D eigenvalue weighted by atomic mass is 9.72. The van der Waals surface area contributed by atoms with Crippen LogP contribution in [-0.4, -0.2) is 0 Å². The SMILES string of the molecule is CC1CCC(C(N)c2ccc(Br)c(Cl)c2)CC1C. The van der Waals surface area contributed by atoms with Gasteiger partial charge in [-0.3, -0.25) is 0 Å². The number of nitrogens with two attached hydrogens (primary N) is 1. The van der Waals surface area contributed by atoms with Crippen LogP contribution in [0.4, 0.5) is 0 Å². The zero-order valence-corrected chi connectivity index (χ0v) is 13.3. The minimum absolute atomic E-state index is 0.116. The first-order valence-electron chi connectivity index (χ1n) is 6.69. The second-order valence-electron chi connectivity index (χ2n) is 5.73. The molecule has 0 spiro atoms. The maximum Gasteiger partial charge on any atom is 0.0551 e. The van der Waals surface area contributed by atoms with Crippen molar-refractivity contribution in [1.29, 1.82) is 0 Å². The molecule has 0 aromatic heterocycles. The fourth-order valence-corrected chi connectivity index (χ4v) is 3.34. The first-order chi connectivity index (χ1) is 8.49. The molecule has 0 aliphatic heterocycles. The first-order valence-corrected chi connectivity index (χ1v) is 7.86. The summed E-state index contributed by atoms with van der Waals surface area (Å²) in [5.74, 6) is 2.20. The second kappa shape index (κ2) is 5.94. The van der Waals surface area contributed by atoms with E-state index >= 15 is 0 Å². The highest BCUT2D eigenvalue weighted by Gasteiger charge is 2.29. The topological polar surface area (TPSA) is 26.0 Å². The van der Waals surface area contributed by atoms with Gasteiger partial charge in [0.15, 0.2) is 0 Å². The van der Waals surface area contributed by atoms with E-state index in [0.29, 0.717) is 5.92 Å². The molecule has 1 saturated carbocycles. The molecule has 18 heavy (non-hydrogen) atoms. The highest BCUT2D eigenvalue weighted by Crippen LogP contribution is 2.39. The zero-order valence-electron chi connectivity index (χ0n) is 11.0. The van der Waals surface area contributed by atoms with Gasteiger partial charge in [0.05, 0.1) is 5.02 Å². The van der Waals surface area contributed by atoms with Crippen LogP contribution in [0, 0.1) is 17.8 Å². The highest BCUT2D eigenvalue weighted by molar-refractivity contribution is 9.10. The fourth-order valence-electron chi connectivity index (χ4n) is 2.91. The normalized spacial score (nSPS) is 30.2. The van der Waals surface area contributed by atoms with E-state index in [1.165, 1.54) is 19.3 Å². The van der Waals surface area contributed by atoms with Gasteiger partial charge in [0.1, 0.15) is 0 Å². The molecule has 100 valence electrons. The Balaban J connectivity index is 2.11. The number of rotatable bonds is 2. The van der Waals surface area contributed by atoms with E-state index in [1.807, 2.05) is 12.1 Å². The molecule has 0 radical (unpaired) electrons. The van der Waals surface area contributed by atoms with E-state index in [4.69, 9.17) is 17.3 Å². The third-order valence-electron chi connectivity index (χ3n) is 4.48. The molecular weight excluding hydrogens is 310 g/mol. The summed E-state index contributed by atoms with van der Waals surface area (Å²) >= 11 is 9.57. The summed E-state index contributed by atoms with van der Waals surface area (Å²) in [5, 5.41) is 0.750. The van der Waals surface area contributed by atoms with Crippen LogP contribution in [0.1, 0.15) is 44.7 Å². The standard InChI is InChI=1S/C15H21BrClN/c1-9-3-4-11(7-10(9)2)15(18)12-5-6-13(16)14(17)8-12/h5-6,8-11,15H,3-4,7,18H2,1-2H3. The number of hydrogen-bond acceptors (Lipinski definition) is 1. The van der Waals surface area contributed by atoms with Crippen molar-refractivity contribution in [1.82, 2.24) is 0 Å². The van der Waals surface area contributed by atoms with Gasteiger partial charge in [-0.2, -0.15) is 0 Å². The molecule has 2 N–H and O–H groups in total. The van der Waals surface area contributed by atoms with Crippen molar-refractivity contribution in [3.8, 4) is 0 Å². The molecule has 0 saturated heterocycles. The quantitative estimate of drug-likeness (QED) is 0.795. The molecule has 0 amide bonds. The largest absolute Gasteiger partial charge is 0.324 e. The van der Waals surface area contributed by atoms with Crippen molar-refractivity contribution in [2.45, 2.75) is 39.2 Å². The van der Waals surface area contributed by atoms with Gasteiger partial charge < -0.3 is 5.73 Å². The summed E-state index contributed by atoms with van der Waals surface area (Å²) in [4.78, 5) is 0. The summed E-state index contributed by atoms with van der Waals surface area (Å²) in [6.07, 6.45) is 3.76. The molecule has 1 fully saturated rings. The maximum atomic E-state index is 6.42. The smallest absolute Gasteiger partial charge is 0.0551 e. The molecule has 1 aliphatic rings. The van der Waals surface area contributed by atoms with Crippen LogP contribution in [0.3, 0.4) is 0 Å². The molecule has 2 rings (SSSR count). The Bertz CT molecular complexity index is 421. The zero-order chi connectivity index (χ0) is 13.3. The summed E-state index contributed by atoms with van der Waals surface area (Å²) < 4.78 is 0.936. The van der Waals surface area contributed by atoms with Gasteiger partial charge >= 0.3 is 0 Å². The Hall–Kier alpha value is -0.0500. The molecule has 0 bridgehead atoms. The average molecular weight is 331 g/mol. The molecular formula is C15H21BrClN. The van der Waals surface area contributed by atoms with E-state index < -0.39 is 0 Å². The maximum absolute atomic E-state index is 6.42. The van der Waals surface area contributed by atoms with Gasteiger partial charge in [0.2, 0.25) is 0 Å². The summed E-state index contributed by atoms with van der Waals surface area (Å²) in [6.45, 7) is 4.70. The van der Waals surface area contributed by atoms with Gasteiger partial charge in [0.25, 0.3) is 0 Å². The number of halogens is 2. The number of hydrogen-bond donors (Lipinski definition) is 1. The molecule has 3 heteroatoms. The van der Waals surface area contributed by atoms with E-state index in [1.54, 1.807) is 0 Å². The van der Waals surface area contributed by atoms with E-state index in [9.17, 15) is 0 Å². The second-order valence-corrected chi connectivity index (χ2v) is 6.99.